The van der Waals surface area contributed by atoms with Crippen molar-refractivity contribution in [3.05, 3.63) is 28.7 Å². The van der Waals surface area contributed by atoms with Crippen LogP contribution >= 0.6 is 11.3 Å². The second kappa shape index (κ2) is 6.18. The number of nitrogens with two attached hydrogens (primary N) is 1. The van der Waals surface area contributed by atoms with Crippen molar-refractivity contribution < 1.29 is 9.47 Å². The third kappa shape index (κ3) is 2.88. The standard InChI is InChI=1S/C11H14N4O2S/c1-16-9-10(15-12)13-7-14-11(9)17-5-4-8-3-2-6-18-8/h2-3,6-7H,4-5,12H2,1H3,(H,13,14,15). The van der Waals surface area contributed by atoms with Gasteiger partial charge >= 0.3 is 0 Å². The molecule has 0 saturated carbocycles. The first-order valence-electron chi connectivity index (χ1n) is 5.36. The fourth-order valence-corrected chi connectivity index (χ4v) is 2.14. The molecule has 0 aliphatic rings. The van der Waals surface area contributed by atoms with Crippen LogP contribution in [-0.4, -0.2) is 23.7 Å². The van der Waals surface area contributed by atoms with Gasteiger partial charge in [-0.15, -0.1) is 11.3 Å². The monoisotopic (exact) mass is 266 g/mol. The molecule has 0 aromatic carbocycles. The van der Waals surface area contributed by atoms with E-state index in [2.05, 4.69) is 21.5 Å². The number of nitrogens with zero attached hydrogens (tertiary/aromatic N) is 2. The summed E-state index contributed by atoms with van der Waals surface area (Å²) in [6.45, 7) is 0.526. The molecule has 2 heterocycles. The highest BCUT2D eigenvalue weighted by molar-refractivity contribution is 7.09. The van der Waals surface area contributed by atoms with Gasteiger partial charge in [-0.2, -0.15) is 4.98 Å². The number of aromatic nitrogens is 2. The van der Waals surface area contributed by atoms with Crippen molar-refractivity contribution in [1.29, 1.82) is 0 Å². The van der Waals surface area contributed by atoms with Gasteiger partial charge in [0.05, 0.1) is 13.7 Å². The van der Waals surface area contributed by atoms with Crippen LogP contribution in [0.5, 0.6) is 11.6 Å². The predicted molar refractivity (Wildman–Crippen MR) is 69.9 cm³/mol. The fraction of sp³-hybridized carbons (Fsp3) is 0.273. The largest absolute Gasteiger partial charge is 0.489 e. The van der Waals surface area contributed by atoms with Crippen molar-refractivity contribution in [2.24, 2.45) is 5.84 Å². The minimum atomic E-state index is 0.386. The van der Waals surface area contributed by atoms with Gasteiger partial charge in [0.2, 0.25) is 5.75 Å². The number of methoxy groups -OCH3 is 1. The molecule has 96 valence electrons. The van der Waals surface area contributed by atoms with Crippen molar-refractivity contribution in [2.75, 3.05) is 19.1 Å². The molecule has 0 aliphatic heterocycles. The van der Waals surface area contributed by atoms with E-state index < -0.39 is 0 Å². The van der Waals surface area contributed by atoms with Crippen molar-refractivity contribution in [2.45, 2.75) is 6.42 Å². The average Bonchev–Trinajstić information content (AvgIpc) is 2.91. The second-order valence-electron chi connectivity index (χ2n) is 3.38. The van der Waals surface area contributed by atoms with Crippen molar-refractivity contribution in [3.8, 4) is 11.6 Å². The van der Waals surface area contributed by atoms with Gasteiger partial charge in [-0.1, -0.05) is 6.07 Å². The van der Waals surface area contributed by atoms with Crippen molar-refractivity contribution in [1.82, 2.24) is 9.97 Å². The zero-order valence-electron chi connectivity index (χ0n) is 9.92. The zero-order valence-corrected chi connectivity index (χ0v) is 10.7. The summed E-state index contributed by atoms with van der Waals surface area (Å²) in [4.78, 5) is 9.23. The first kappa shape index (κ1) is 12.6. The molecule has 3 N–H and O–H groups in total. The summed E-state index contributed by atoms with van der Waals surface area (Å²) in [5.74, 6) is 6.52. The molecule has 0 fully saturated rings. The average molecular weight is 266 g/mol. The van der Waals surface area contributed by atoms with Crippen molar-refractivity contribution in [3.63, 3.8) is 0 Å². The first-order valence-corrected chi connectivity index (χ1v) is 6.24. The van der Waals surface area contributed by atoms with Crippen LogP contribution in [0, 0.1) is 0 Å². The van der Waals surface area contributed by atoms with Crippen LogP contribution in [-0.2, 0) is 6.42 Å². The number of hydrogen-bond donors (Lipinski definition) is 2. The lowest BCUT2D eigenvalue weighted by atomic mass is 10.4. The summed E-state index contributed by atoms with van der Waals surface area (Å²) >= 11 is 1.70. The molecule has 0 radical (unpaired) electrons. The van der Waals surface area contributed by atoms with E-state index in [4.69, 9.17) is 15.3 Å². The van der Waals surface area contributed by atoms with E-state index in [1.807, 2.05) is 11.4 Å². The first-order chi connectivity index (χ1) is 8.85. The SMILES string of the molecule is COc1c(NN)ncnc1OCCc1cccs1. The van der Waals surface area contributed by atoms with E-state index in [9.17, 15) is 0 Å². The van der Waals surface area contributed by atoms with E-state index in [0.29, 0.717) is 24.1 Å². The zero-order chi connectivity index (χ0) is 12.8. The number of nitrogens with one attached hydrogen (secondary N) is 1. The summed E-state index contributed by atoms with van der Waals surface area (Å²) in [5, 5.41) is 2.04. The van der Waals surface area contributed by atoms with Gasteiger partial charge in [0.1, 0.15) is 6.33 Å². The number of nitrogen functional groups attached to an aromatic ring is 1. The number of hydrogen-bond acceptors (Lipinski definition) is 7. The molecule has 2 aromatic heterocycles. The van der Waals surface area contributed by atoms with E-state index in [1.165, 1.54) is 18.3 Å². The third-order valence-electron chi connectivity index (χ3n) is 2.28. The van der Waals surface area contributed by atoms with Crippen LogP contribution in [0.15, 0.2) is 23.8 Å². The van der Waals surface area contributed by atoms with Crippen LogP contribution in [0.3, 0.4) is 0 Å². The number of hydrazine groups is 1. The molecule has 0 saturated heterocycles. The molecule has 0 amide bonds. The Labute approximate surface area is 109 Å². The fourth-order valence-electron chi connectivity index (χ4n) is 1.45. The summed E-state index contributed by atoms with van der Waals surface area (Å²) in [7, 11) is 1.52. The van der Waals surface area contributed by atoms with Crippen LogP contribution in [0.25, 0.3) is 0 Å². The van der Waals surface area contributed by atoms with E-state index in [0.717, 1.165) is 6.42 Å². The highest BCUT2D eigenvalue weighted by Crippen LogP contribution is 2.30. The summed E-state index contributed by atoms with van der Waals surface area (Å²) in [6, 6.07) is 4.08. The molecular formula is C11H14N4O2S. The highest BCUT2D eigenvalue weighted by atomic mass is 32.1. The summed E-state index contributed by atoms with van der Waals surface area (Å²) < 4.78 is 10.7. The number of rotatable bonds is 6. The molecule has 2 aromatic rings. The van der Waals surface area contributed by atoms with Gasteiger partial charge in [-0.25, -0.2) is 10.8 Å². The minimum Gasteiger partial charge on any atom is -0.489 e. The van der Waals surface area contributed by atoms with Gasteiger partial charge in [0.25, 0.3) is 5.88 Å². The normalized spacial score (nSPS) is 10.1. The molecule has 0 bridgehead atoms. The Bertz CT molecular complexity index is 490. The highest BCUT2D eigenvalue weighted by Gasteiger charge is 2.12. The molecule has 0 atom stereocenters. The molecule has 0 spiro atoms. The van der Waals surface area contributed by atoms with Crippen molar-refractivity contribution >= 4 is 17.2 Å². The molecule has 0 aliphatic carbocycles. The number of ether oxygens (including phenoxy) is 2. The van der Waals surface area contributed by atoms with Gasteiger partial charge in [0.15, 0.2) is 5.82 Å². The smallest absolute Gasteiger partial charge is 0.262 e. The lowest BCUT2D eigenvalue weighted by molar-refractivity contribution is 0.286. The maximum Gasteiger partial charge on any atom is 0.262 e. The third-order valence-corrected chi connectivity index (χ3v) is 3.22. The lowest BCUT2D eigenvalue weighted by Gasteiger charge is -2.11. The maximum absolute atomic E-state index is 5.58. The van der Waals surface area contributed by atoms with Gasteiger partial charge in [-0.05, 0) is 11.4 Å². The molecule has 2 rings (SSSR count). The van der Waals surface area contributed by atoms with E-state index >= 15 is 0 Å². The molecule has 7 heteroatoms. The second-order valence-corrected chi connectivity index (χ2v) is 4.42. The lowest BCUT2D eigenvalue weighted by Crippen LogP contribution is -2.12. The maximum atomic E-state index is 5.58. The number of anilines is 1. The van der Waals surface area contributed by atoms with Crippen LogP contribution in [0.2, 0.25) is 0 Å². The molecule has 0 unspecified atom stereocenters. The Morgan fingerprint density at radius 2 is 2.33 bits per heavy atom. The summed E-state index contributed by atoms with van der Waals surface area (Å²) in [5.41, 5.74) is 2.44. The Kier molecular flexibility index (Phi) is 4.32. The Balaban J connectivity index is 2.00. The number of thiophene rings is 1. The predicted octanol–water partition coefficient (Wildman–Crippen LogP) is 1.45. The quantitative estimate of drug-likeness (QED) is 0.608. The van der Waals surface area contributed by atoms with Gasteiger partial charge in [-0.3, -0.25) is 0 Å². The van der Waals surface area contributed by atoms with E-state index in [1.54, 1.807) is 11.3 Å². The molecule has 18 heavy (non-hydrogen) atoms. The van der Waals surface area contributed by atoms with E-state index in [-0.39, 0.29) is 0 Å². The Morgan fingerprint density at radius 1 is 1.44 bits per heavy atom. The molecule has 6 nitrogen and oxygen atoms in total. The van der Waals surface area contributed by atoms with Crippen LogP contribution < -0.4 is 20.7 Å². The summed E-state index contributed by atoms with van der Waals surface area (Å²) in [6.07, 6.45) is 2.20. The van der Waals surface area contributed by atoms with Gasteiger partial charge < -0.3 is 14.9 Å². The van der Waals surface area contributed by atoms with Crippen LogP contribution in [0.1, 0.15) is 4.88 Å². The minimum absolute atomic E-state index is 0.386. The Morgan fingerprint density at radius 3 is 3.00 bits per heavy atom. The van der Waals surface area contributed by atoms with Crippen LogP contribution in [0.4, 0.5) is 5.82 Å². The Hall–Kier alpha value is -1.86. The van der Waals surface area contributed by atoms with Gasteiger partial charge in [0, 0.05) is 11.3 Å². The molecular weight excluding hydrogens is 252 g/mol. The topological polar surface area (TPSA) is 82.3 Å².